The van der Waals surface area contributed by atoms with Crippen molar-refractivity contribution in [2.45, 2.75) is 6.04 Å². The van der Waals surface area contributed by atoms with Gasteiger partial charge in [-0.2, -0.15) is 5.10 Å². The van der Waals surface area contributed by atoms with Crippen molar-refractivity contribution in [3.63, 3.8) is 0 Å². The van der Waals surface area contributed by atoms with Crippen LogP contribution < -0.4 is 14.6 Å². The molecule has 0 N–H and O–H groups in total. The Morgan fingerprint density at radius 3 is 2.38 bits per heavy atom. The average Bonchev–Trinajstić information content (AvgIpc) is 3.25. The zero-order valence-electron chi connectivity index (χ0n) is 15.5. The normalized spacial score (nSPS) is 20.6. The molecule has 9 heteroatoms. The predicted octanol–water partition coefficient (Wildman–Crippen LogP) is 2.36. The zero-order chi connectivity index (χ0) is 20.7. The summed E-state index contributed by atoms with van der Waals surface area (Å²) in [6, 6.07) is 12.7. The van der Waals surface area contributed by atoms with Crippen molar-refractivity contribution >= 4 is 50.8 Å². The number of benzene rings is 2. The van der Waals surface area contributed by atoms with Crippen LogP contribution in [0.1, 0.15) is 0 Å². The number of halogens is 1. The number of hydrogen-bond acceptors (Lipinski definition) is 7. The lowest BCUT2D eigenvalue weighted by molar-refractivity contribution is -0.133. The van der Waals surface area contributed by atoms with E-state index in [2.05, 4.69) is 21.0 Å². The molecule has 0 saturated carbocycles. The molecule has 0 aliphatic carbocycles. The zero-order valence-corrected chi connectivity index (χ0v) is 17.1. The van der Waals surface area contributed by atoms with Gasteiger partial charge in [0.25, 0.3) is 5.91 Å². The van der Waals surface area contributed by atoms with Gasteiger partial charge >= 0.3 is 5.97 Å². The lowest BCUT2D eigenvalue weighted by Crippen LogP contribution is -2.39. The topological polar surface area (TPSA) is 88.5 Å². The molecule has 2 aliphatic heterocycles. The number of hydrazone groups is 1. The van der Waals surface area contributed by atoms with E-state index in [0.29, 0.717) is 17.1 Å². The van der Waals surface area contributed by atoms with Crippen LogP contribution in [-0.2, 0) is 19.1 Å². The van der Waals surface area contributed by atoms with Gasteiger partial charge in [-0.25, -0.2) is 14.7 Å². The monoisotopic (exact) mass is 457 g/mol. The van der Waals surface area contributed by atoms with Gasteiger partial charge in [0.05, 0.1) is 19.9 Å². The van der Waals surface area contributed by atoms with Crippen LogP contribution >= 0.6 is 15.9 Å². The highest BCUT2D eigenvalue weighted by molar-refractivity contribution is 9.10. The van der Waals surface area contributed by atoms with Crippen LogP contribution in [0, 0.1) is 5.92 Å². The number of para-hydroxylation sites is 2. The Morgan fingerprint density at radius 1 is 1.03 bits per heavy atom. The number of nitrogens with zero attached hydrogens (tertiary/aromatic N) is 3. The Kier molecular flexibility index (Phi) is 4.83. The molecule has 8 nitrogen and oxygen atoms in total. The Hall–Kier alpha value is -3.20. The maximum Gasteiger partial charge on any atom is 0.355 e. The largest absolute Gasteiger partial charge is 0.495 e. The van der Waals surface area contributed by atoms with E-state index in [1.165, 1.54) is 19.2 Å². The van der Waals surface area contributed by atoms with Crippen molar-refractivity contribution in [3.8, 4) is 5.75 Å². The number of imide groups is 1. The summed E-state index contributed by atoms with van der Waals surface area (Å²) in [4.78, 5) is 39.9. The van der Waals surface area contributed by atoms with E-state index < -0.39 is 29.7 Å². The second-order valence-corrected chi connectivity index (χ2v) is 7.32. The van der Waals surface area contributed by atoms with Crippen molar-refractivity contribution in [3.05, 3.63) is 53.0 Å². The molecule has 1 saturated heterocycles. The standard InChI is InChI=1S/C20H16BrN3O5/c1-28-14-6-4-3-5-13(14)24-17-15(16(22-24)20(27)29-2)18(25)23(19(17)26)12-9-7-11(21)8-10-12/h3-10,15,17H,1-2H3/t15-,17-/m0/s1. The minimum absolute atomic E-state index is 0.110. The highest BCUT2D eigenvalue weighted by Gasteiger charge is 2.59. The van der Waals surface area contributed by atoms with E-state index in [1.54, 1.807) is 48.5 Å². The molecule has 148 valence electrons. The maximum absolute atomic E-state index is 13.3. The van der Waals surface area contributed by atoms with Gasteiger partial charge in [0, 0.05) is 4.47 Å². The first kappa shape index (κ1) is 19.1. The summed E-state index contributed by atoms with van der Waals surface area (Å²) in [5.41, 5.74) is 0.783. The van der Waals surface area contributed by atoms with Gasteiger partial charge in [-0.3, -0.25) is 9.59 Å². The molecule has 0 radical (unpaired) electrons. The molecule has 2 heterocycles. The minimum Gasteiger partial charge on any atom is -0.495 e. The molecule has 2 aromatic carbocycles. The molecular weight excluding hydrogens is 442 g/mol. The van der Waals surface area contributed by atoms with Gasteiger partial charge in [0.1, 0.15) is 23.4 Å². The Bertz CT molecular complexity index is 1040. The number of esters is 1. The van der Waals surface area contributed by atoms with Gasteiger partial charge in [0.15, 0.2) is 5.71 Å². The average molecular weight is 458 g/mol. The van der Waals surface area contributed by atoms with E-state index in [4.69, 9.17) is 9.47 Å². The molecule has 4 rings (SSSR count). The van der Waals surface area contributed by atoms with Crippen molar-refractivity contribution in [2.75, 3.05) is 24.1 Å². The summed E-state index contributed by atoms with van der Waals surface area (Å²) < 4.78 is 11.0. The Labute approximate surface area is 174 Å². The fraction of sp³-hybridized carbons (Fsp3) is 0.200. The van der Waals surface area contributed by atoms with Crippen LogP contribution in [0.4, 0.5) is 11.4 Å². The number of fused-ring (bicyclic) bond motifs is 1. The fourth-order valence-electron chi connectivity index (χ4n) is 3.55. The third-order valence-corrected chi connectivity index (χ3v) is 5.39. The second kappa shape index (κ2) is 7.32. The number of ether oxygens (including phenoxy) is 2. The van der Waals surface area contributed by atoms with Crippen LogP contribution in [0.5, 0.6) is 5.75 Å². The Balaban J connectivity index is 1.83. The number of hydrogen-bond donors (Lipinski definition) is 0. The smallest absolute Gasteiger partial charge is 0.355 e. The number of carbonyl (C=O) groups is 3. The molecule has 0 unspecified atom stereocenters. The summed E-state index contributed by atoms with van der Waals surface area (Å²) in [5, 5.41) is 5.65. The lowest BCUT2D eigenvalue weighted by atomic mass is 9.97. The minimum atomic E-state index is -1.07. The quantitative estimate of drug-likeness (QED) is 0.517. The van der Waals surface area contributed by atoms with Crippen molar-refractivity contribution in [1.82, 2.24) is 0 Å². The third-order valence-electron chi connectivity index (χ3n) is 4.86. The Morgan fingerprint density at radius 2 is 1.72 bits per heavy atom. The number of carbonyl (C=O) groups excluding carboxylic acids is 3. The first-order chi connectivity index (χ1) is 14.0. The molecule has 0 spiro atoms. The summed E-state index contributed by atoms with van der Waals surface area (Å²) in [6.45, 7) is 0. The fourth-order valence-corrected chi connectivity index (χ4v) is 3.81. The summed E-state index contributed by atoms with van der Waals surface area (Å²) in [7, 11) is 2.70. The maximum atomic E-state index is 13.3. The second-order valence-electron chi connectivity index (χ2n) is 6.40. The van der Waals surface area contributed by atoms with Gasteiger partial charge in [0.2, 0.25) is 5.91 Å². The van der Waals surface area contributed by atoms with Crippen LogP contribution in [0.3, 0.4) is 0 Å². The van der Waals surface area contributed by atoms with E-state index in [9.17, 15) is 14.4 Å². The predicted molar refractivity (Wildman–Crippen MR) is 109 cm³/mol. The highest BCUT2D eigenvalue weighted by Crippen LogP contribution is 2.41. The SMILES string of the molecule is COC(=O)C1=NN(c2ccccc2OC)[C@@H]2C(=O)N(c3ccc(Br)cc3)C(=O)[C@@H]12. The molecule has 2 aromatic rings. The van der Waals surface area contributed by atoms with E-state index in [-0.39, 0.29) is 5.71 Å². The lowest BCUT2D eigenvalue weighted by Gasteiger charge is -2.23. The summed E-state index contributed by atoms with van der Waals surface area (Å²) in [6.07, 6.45) is 0. The van der Waals surface area contributed by atoms with Crippen molar-refractivity contribution in [1.29, 1.82) is 0 Å². The molecular formula is C20H16BrN3O5. The molecule has 2 aliphatic rings. The van der Waals surface area contributed by atoms with Gasteiger partial charge in [-0.1, -0.05) is 28.1 Å². The molecule has 29 heavy (non-hydrogen) atoms. The molecule has 1 fully saturated rings. The van der Waals surface area contributed by atoms with Crippen LogP contribution in [0.15, 0.2) is 58.1 Å². The van der Waals surface area contributed by atoms with E-state index in [0.717, 1.165) is 9.37 Å². The number of methoxy groups -OCH3 is 2. The van der Waals surface area contributed by atoms with Crippen LogP contribution in [0.25, 0.3) is 0 Å². The number of amides is 2. The van der Waals surface area contributed by atoms with E-state index >= 15 is 0 Å². The number of anilines is 2. The van der Waals surface area contributed by atoms with E-state index in [1.807, 2.05) is 0 Å². The first-order valence-electron chi connectivity index (χ1n) is 8.70. The van der Waals surface area contributed by atoms with Crippen LogP contribution in [-0.4, -0.2) is 43.8 Å². The summed E-state index contributed by atoms with van der Waals surface area (Å²) >= 11 is 3.34. The van der Waals surface area contributed by atoms with Crippen molar-refractivity contribution < 1.29 is 23.9 Å². The molecule has 0 aromatic heterocycles. The molecule has 2 amide bonds. The van der Waals surface area contributed by atoms with Gasteiger partial charge in [-0.15, -0.1) is 0 Å². The number of rotatable bonds is 4. The molecule has 0 bridgehead atoms. The molecule has 2 atom stereocenters. The highest BCUT2D eigenvalue weighted by atomic mass is 79.9. The third kappa shape index (κ3) is 2.98. The van der Waals surface area contributed by atoms with Crippen molar-refractivity contribution in [2.24, 2.45) is 11.0 Å². The first-order valence-corrected chi connectivity index (χ1v) is 9.49. The van der Waals surface area contributed by atoms with Crippen LogP contribution in [0.2, 0.25) is 0 Å². The summed E-state index contributed by atoms with van der Waals surface area (Å²) in [5.74, 6) is -2.36. The van der Waals surface area contributed by atoms with Gasteiger partial charge in [-0.05, 0) is 36.4 Å². The van der Waals surface area contributed by atoms with Gasteiger partial charge < -0.3 is 9.47 Å².